The lowest BCUT2D eigenvalue weighted by Crippen LogP contribution is -2.52. The van der Waals surface area contributed by atoms with Crippen LogP contribution in [0.3, 0.4) is 0 Å². The van der Waals surface area contributed by atoms with E-state index in [1.54, 1.807) is 48.5 Å². The maximum atomic E-state index is 12.5. The predicted octanol–water partition coefficient (Wildman–Crippen LogP) is 3.73. The Hall–Kier alpha value is -2.74. The minimum absolute atomic E-state index is 0.0118. The Kier molecular flexibility index (Phi) is 6.32. The fourth-order valence-electron chi connectivity index (χ4n) is 3.10. The molecular weight excluding hydrogens is 407 g/mol. The molecule has 0 unspecified atom stereocenters. The van der Waals surface area contributed by atoms with Crippen molar-refractivity contribution in [1.29, 1.82) is 0 Å². The molecule has 2 amide bonds. The second-order valence-corrected chi connectivity index (χ2v) is 7.11. The summed E-state index contributed by atoms with van der Waals surface area (Å²) in [6, 6.07) is 14.1. The SMILES string of the molecule is O=C(Cc1ccc(Cl)cc1)Nc1ccc(N2CCN(C(=O)C(F)(F)F)CC2)cc1. The van der Waals surface area contributed by atoms with E-state index in [0.29, 0.717) is 23.8 Å². The van der Waals surface area contributed by atoms with Crippen LogP contribution in [0.25, 0.3) is 0 Å². The Bertz CT molecular complexity index is 862. The summed E-state index contributed by atoms with van der Waals surface area (Å²) < 4.78 is 37.5. The number of hydrogen-bond donors (Lipinski definition) is 1. The van der Waals surface area contributed by atoms with Crippen LogP contribution in [-0.2, 0) is 16.0 Å². The zero-order valence-electron chi connectivity index (χ0n) is 15.4. The third-order valence-electron chi connectivity index (χ3n) is 4.60. The molecule has 1 aliphatic rings. The van der Waals surface area contributed by atoms with E-state index in [4.69, 9.17) is 11.6 Å². The first kappa shape index (κ1) is 21.0. The first-order chi connectivity index (χ1) is 13.7. The number of carbonyl (C=O) groups is 2. The molecule has 2 aromatic carbocycles. The van der Waals surface area contributed by atoms with Gasteiger partial charge in [0.2, 0.25) is 5.91 Å². The van der Waals surface area contributed by atoms with Crippen molar-refractivity contribution < 1.29 is 22.8 Å². The molecule has 0 spiro atoms. The van der Waals surface area contributed by atoms with Gasteiger partial charge in [0.1, 0.15) is 0 Å². The summed E-state index contributed by atoms with van der Waals surface area (Å²) >= 11 is 5.83. The molecule has 0 bridgehead atoms. The lowest BCUT2D eigenvalue weighted by Gasteiger charge is -2.36. The first-order valence-corrected chi connectivity index (χ1v) is 9.35. The van der Waals surface area contributed by atoms with Crippen molar-refractivity contribution >= 4 is 34.8 Å². The normalized spacial score (nSPS) is 14.6. The zero-order valence-corrected chi connectivity index (χ0v) is 16.1. The van der Waals surface area contributed by atoms with Crippen LogP contribution in [-0.4, -0.2) is 49.1 Å². The highest BCUT2D eigenvalue weighted by Gasteiger charge is 2.43. The standard InChI is InChI=1S/C20H19ClF3N3O2/c21-15-3-1-14(2-4-15)13-18(28)25-16-5-7-17(8-6-16)26-9-11-27(12-10-26)19(29)20(22,23)24/h1-8H,9-13H2,(H,25,28). The van der Waals surface area contributed by atoms with Crippen molar-refractivity contribution in [3.63, 3.8) is 0 Å². The lowest BCUT2D eigenvalue weighted by molar-refractivity contribution is -0.185. The molecule has 5 nitrogen and oxygen atoms in total. The molecule has 0 aromatic heterocycles. The summed E-state index contributed by atoms with van der Waals surface area (Å²) in [5.74, 6) is -1.96. The molecule has 1 heterocycles. The molecule has 0 radical (unpaired) electrons. The van der Waals surface area contributed by atoms with Crippen LogP contribution in [0.5, 0.6) is 0 Å². The zero-order chi connectivity index (χ0) is 21.0. The predicted molar refractivity (Wildman–Crippen MR) is 105 cm³/mol. The number of piperazine rings is 1. The third-order valence-corrected chi connectivity index (χ3v) is 4.86. The van der Waals surface area contributed by atoms with Gasteiger partial charge in [0.25, 0.3) is 0 Å². The fourth-order valence-corrected chi connectivity index (χ4v) is 3.22. The fraction of sp³-hybridized carbons (Fsp3) is 0.300. The maximum absolute atomic E-state index is 12.5. The van der Waals surface area contributed by atoms with Crippen LogP contribution in [0.4, 0.5) is 24.5 Å². The highest BCUT2D eigenvalue weighted by atomic mass is 35.5. The molecule has 154 valence electrons. The summed E-state index contributed by atoms with van der Waals surface area (Å²) in [4.78, 5) is 26.2. The van der Waals surface area contributed by atoms with Gasteiger partial charge in [-0.3, -0.25) is 9.59 Å². The number of rotatable bonds is 4. The number of benzene rings is 2. The van der Waals surface area contributed by atoms with Crippen LogP contribution < -0.4 is 10.2 Å². The van der Waals surface area contributed by atoms with Gasteiger partial charge >= 0.3 is 12.1 Å². The molecule has 0 saturated carbocycles. The van der Waals surface area contributed by atoms with Crippen molar-refractivity contribution in [2.24, 2.45) is 0 Å². The van der Waals surface area contributed by atoms with Gasteiger partial charge in [0, 0.05) is 42.6 Å². The van der Waals surface area contributed by atoms with E-state index in [2.05, 4.69) is 5.32 Å². The van der Waals surface area contributed by atoms with E-state index in [9.17, 15) is 22.8 Å². The minimum atomic E-state index is -4.84. The quantitative estimate of drug-likeness (QED) is 0.812. The topological polar surface area (TPSA) is 52.7 Å². The number of nitrogens with one attached hydrogen (secondary N) is 1. The number of halogens is 4. The molecule has 0 atom stereocenters. The van der Waals surface area contributed by atoms with Gasteiger partial charge in [0.05, 0.1) is 6.42 Å². The van der Waals surface area contributed by atoms with E-state index < -0.39 is 12.1 Å². The molecule has 1 fully saturated rings. The summed E-state index contributed by atoms with van der Waals surface area (Å²) in [5, 5.41) is 3.41. The molecule has 9 heteroatoms. The Morgan fingerprint density at radius 1 is 0.931 bits per heavy atom. The molecule has 1 aliphatic heterocycles. The second kappa shape index (κ2) is 8.73. The van der Waals surface area contributed by atoms with Gasteiger partial charge < -0.3 is 15.1 Å². The molecule has 2 aromatic rings. The first-order valence-electron chi connectivity index (χ1n) is 8.98. The smallest absolute Gasteiger partial charge is 0.368 e. The maximum Gasteiger partial charge on any atom is 0.471 e. The monoisotopic (exact) mass is 425 g/mol. The molecule has 29 heavy (non-hydrogen) atoms. The summed E-state index contributed by atoms with van der Waals surface area (Å²) in [6.07, 6.45) is -4.62. The number of amides is 2. The molecule has 0 aliphatic carbocycles. The van der Waals surface area contributed by atoms with Crippen LogP contribution in [0.2, 0.25) is 5.02 Å². The van der Waals surface area contributed by atoms with Crippen molar-refractivity contribution in [1.82, 2.24) is 4.90 Å². The van der Waals surface area contributed by atoms with Crippen LogP contribution >= 0.6 is 11.6 Å². The number of hydrogen-bond acceptors (Lipinski definition) is 3. The van der Waals surface area contributed by atoms with E-state index in [-0.39, 0.29) is 25.4 Å². The summed E-state index contributed by atoms with van der Waals surface area (Å²) in [5.41, 5.74) is 2.29. The van der Waals surface area contributed by atoms with Gasteiger partial charge in [-0.05, 0) is 42.0 Å². The van der Waals surface area contributed by atoms with Crippen molar-refractivity contribution in [3.05, 3.63) is 59.1 Å². The number of carbonyl (C=O) groups excluding carboxylic acids is 2. The third kappa shape index (κ3) is 5.63. The lowest BCUT2D eigenvalue weighted by atomic mass is 10.1. The number of anilines is 2. The van der Waals surface area contributed by atoms with Gasteiger partial charge in [0.15, 0.2) is 0 Å². The van der Waals surface area contributed by atoms with E-state index in [0.717, 1.165) is 16.2 Å². The molecule has 1 N–H and O–H groups in total. The average molecular weight is 426 g/mol. The molecular formula is C20H19ClF3N3O2. The Morgan fingerprint density at radius 3 is 2.07 bits per heavy atom. The van der Waals surface area contributed by atoms with Crippen LogP contribution in [0, 0.1) is 0 Å². The number of nitrogens with zero attached hydrogens (tertiary/aromatic N) is 2. The van der Waals surface area contributed by atoms with E-state index >= 15 is 0 Å². The van der Waals surface area contributed by atoms with Crippen LogP contribution in [0.15, 0.2) is 48.5 Å². The highest BCUT2D eigenvalue weighted by Crippen LogP contribution is 2.23. The van der Waals surface area contributed by atoms with E-state index in [1.807, 2.05) is 4.90 Å². The number of alkyl halides is 3. The van der Waals surface area contributed by atoms with Gasteiger partial charge in [-0.1, -0.05) is 23.7 Å². The summed E-state index contributed by atoms with van der Waals surface area (Å²) in [7, 11) is 0. The highest BCUT2D eigenvalue weighted by molar-refractivity contribution is 6.30. The molecule has 3 rings (SSSR count). The Labute approximate surface area is 171 Å². The summed E-state index contributed by atoms with van der Waals surface area (Å²) in [6.45, 7) is 0.643. The largest absolute Gasteiger partial charge is 0.471 e. The van der Waals surface area contributed by atoms with Crippen LogP contribution in [0.1, 0.15) is 5.56 Å². The second-order valence-electron chi connectivity index (χ2n) is 6.68. The van der Waals surface area contributed by atoms with Gasteiger partial charge in [-0.15, -0.1) is 0 Å². The van der Waals surface area contributed by atoms with Crippen molar-refractivity contribution in [2.75, 3.05) is 36.4 Å². The van der Waals surface area contributed by atoms with Gasteiger partial charge in [-0.25, -0.2) is 0 Å². The van der Waals surface area contributed by atoms with Crippen molar-refractivity contribution in [3.8, 4) is 0 Å². The Balaban J connectivity index is 1.52. The minimum Gasteiger partial charge on any atom is -0.368 e. The average Bonchev–Trinajstić information content (AvgIpc) is 2.69. The Morgan fingerprint density at radius 2 is 1.52 bits per heavy atom. The molecule has 1 saturated heterocycles. The van der Waals surface area contributed by atoms with Crippen molar-refractivity contribution in [2.45, 2.75) is 12.6 Å². The van der Waals surface area contributed by atoms with Gasteiger partial charge in [-0.2, -0.15) is 13.2 Å². The van der Waals surface area contributed by atoms with E-state index in [1.165, 1.54) is 0 Å².